The maximum absolute atomic E-state index is 12.7. The Labute approximate surface area is 147 Å². The lowest BCUT2D eigenvalue weighted by molar-refractivity contribution is -0.143. The second-order valence-electron chi connectivity index (χ2n) is 6.48. The van der Waals surface area contributed by atoms with E-state index in [1.807, 2.05) is 13.0 Å². The van der Waals surface area contributed by atoms with E-state index >= 15 is 0 Å². The molecular formula is C19H24N4O2. The van der Waals surface area contributed by atoms with Crippen molar-refractivity contribution in [2.75, 3.05) is 11.9 Å². The monoisotopic (exact) mass is 340 g/mol. The molecule has 3 rings (SSSR count). The molecule has 1 aliphatic heterocycles. The summed E-state index contributed by atoms with van der Waals surface area (Å²) >= 11 is 0. The molecule has 6 nitrogen and oxygen atoms in total. The number of hydrogen-bond acceptors (Lipinski definition) is 3. The third kappa shape index (κ3) is 3.43. The number of carbonyl (C=O) groups is 2. The van der Waals surface area contributed by atoms with Gasteiger partial charge in [-0.05, 0) is 50.3 Å². The van der Waals surface area contributed by atoms with Gasteiger partial charge in [0.05, 0.1) is 17.9 Å². The fourth-order valence-corrected chi connectivity index (χ4v) is 3.38. The van der Waals surface area contributed by atoms with E-state index in [0.717, 1.165) is 18.4 Å². The Morgan fingerprint density at radius 1 is 1.32 bits per heavy atom. The molecular weight excluding hydrogens is 316 g/mol. The zero-order chi connectivity index (χ0) is 18.0. The molecule has 132 valence electrons. The summed E-state index contributed by atoms with van der Waals surface area (Å²) in [6.07, 6.45) is 5.07. The first-order valence-electron chi connectivity index (χ1n) is 8.71. The number of carbonyl (C=O) groups excluding carboxylic acids is 2. The van der Waals surface area contributed by atoms with E-state index in [0.29, 0.717) is 18.8 Å². The largest absolute Gasteiger partial charge is 0.327 e. The maximum atomic E-state index is 12.7. The Balaban J connectivity index is 1.76. The molecule has 1 N–H and O–H groups in total. The summed E-state index contributed by atoms with van der Waals surface area (Å²) in [5.74, 6) is -1.08. The van der Waals surface area contributed by atoms with Crippen molar-refractivity contribution in [3.05, 3.63) is 47.3 Å². The summed E-state index contributed by atoms with van der Waals surface area (Å²) in [6, 6.07) is 6.11. The number of nitrogens with one attached hydrogen (secondary N) is 1. The Bertz CT molecular complexity index is 796. The van der Waals surface area contributed by atoms with E-state index in [1.165, 1.54) is 11.1 Å². The molecule has 25 heavy (non-hydrogen) atoms. The normalized spacial score (nSPS) is 16.9. The standard InChI is InChI=1S/C19H24N4O2/c1-4-22-12-15(11-20-22)21-18(24)19(25)23-10-6-9-17(23)16-8-5-7-13(2)14(16)3/h5,7-8,11-12,17H,4,6,9-10H2,1-3H3,(H,21,24)/t17-/m0/s1. The lowest BCUT2D eigenvalue weighted by atomic mass is 9.96. The summed E-state index contributed by atoms with van der Waals surface area (Å²) in [4.78, 5) is 26.8. The van der Waals surface area contributed by atoms with Crippen molar-refractivity contribution in [3.8, 4) is 0 Å². The molecule has 2 amide bonds. The van der Waals surface area contributed by atoms with Crippen molar-refractivity contribution in [1.29, 1.82) is 0 Å². The molecule has 0 radical (unpaired) electrons. The van der Waals surface area contributed by atoms with Gasteiger partial charge < -0.3 is 10.2 Å². The first kappa shape index (κ1) is 17.2. The fraction of sp³-hybridized carbons (Fsp3) is 0.421. The summed E-state index contributed by atoms with van der Waals surface area (Å²) in [6.45, 7) is 7.43. The number of hydrogen-bond donors (Lipinski definition) is 1. The van der Waals surface area contributed by atoms with Gasteiger partial charge in [0.1, 0.15) is 0 Å². The highest BCUT2D eigenvalue weighted by Gasteiger charge is 2.34. The quantitative estimate of drug-likeness (QED) is 0.874. The van der Waals surface area contributed by atoms with Gasteiger partial charge in [0.15, 0.2) is 0 Å². The molecule has 0 saturated carbocycles. The molecule has 0 unspecified atom stereocenters. The van der Waals surface area contributed by atoms with Gasteiger partial charge in [0, 0.05) is 19.3 Å². The van der Waals surface area contributed by atoms with Crippen LogP contribution in [0.4, 0.5) is 5.69 Å². The Kier molecular flexibility index (Phi) is 4.88. The molecule has 1 atom stereocenters. The average Bonchev–Trinajstić information content (AvgIpc) is 3.25. The van der Waals surface area contributed by atoms with E-state index in [4.69, 9.17) is 0 Å². The van der Waals surface area contributed by atoms with Gasteiger partial charge in [-0.2, -0.15) is 5.10 Å². The first-order chi connectivity index (χ1) is 12.0. The molecule has 0 aliphatic carbocycles. The number of nitrogens with zero attached hydrogens (tertiary/aromatic N) is 3. The molecule has 1 fully saturated rings. The third-order valence-corrected chi connectivity index (χ3v) is 4.93. The van der Waals surface area contributed by atoms with E-state index in [-0.39, 0.29) is 6.04 Å². The summed E-state index contributed by atoms with van der Waals surface area (Å²) < 4.78 is 1.70. The van der Waals surface area contributed by atoms with Gasteiger partial charge >= 0.3 is 11.8 Å². The molecule has 0 bridgehead atoms. The molecule has 6 heteroatoms. The average molecular weight is 340 g/mol. The lowest BCUT2D eigenvalue weighted by Gasteiger charge is -2.26. The van der Waals surface area contributed by atoms with E-state index in [1.54, 1.807) is 22.0 Å². The maximum Gasteiger partial charge on any atom is 0.314 e. The first-order valence-corrected chi connectivity index (χ1v) is 8.71. The number of rotatable bonds is 3. The number of benzene rings is 1. The predicted octanol–water partition coefficient (Wildman–Crippen LogP) is 2.82. The Hall–Kier alpha value is -2.63. The smallest absolute Gasteiger partial charge is 0.314 e. The predicted molar refractivity (Wildman–Crippen MR) is 96.1 cm³/mol. The number of aryl methyl sites for hydroxylation is 2. The van der Waals surface area contributed by atoms with Crippen LogP contribution in [-0.2, 0) is 16.1 Å². The fourth-order valence-electron chi connectivity index (χ4n) is 3.38. The van der Waals surface area contributed by atoms with Gasteiger partial charge in [-0.15, -0.1) is 0 Å². The number of likely N-dealkylation sites (tertiary alicyclic amines) is 1. The molecule has 1 aromatic carbocycles. The topological polar surface area (TPSA) is 67.2 Å². The van der Waals surface area contributed by atoms with Crippen molar-refractivity contribution in [3.63, 3.8) is 0 Å². The minimum Gasteiger partial charge on any atom is -0.327 e. The van der Waals surface area contributed by atoms with Crippen LogP contribution >= 0.6 is 0 Å². The molecule has 0 spiro atoms. The van der Waals surface area contributed by atoms with Gasteiger partial charge in [-0.3, -0.25) is 14.3 Å². The van der Waals surface area contributed by atoms with Crippen LogP contribution in [0.2, 0.25) is 0 Å². The Morgan fingerprint density at radius 3 is 2.84 bits per heavy atom. The van der Waals surface area contributed by atoms with Crippen LogP contribution in [0.25, 0.3) is 0 Å². The van der Waals surface area contributed by atoms with Crippen molar-refractivity contribution in [2.24, 2.45) is 0 Å². The highest BCUT2D eigenvalue weighted by Crippen LogP contribution is 2.34. The summed E-state index contributed by atoms with van der Waals surface area (Å²) in [7, 11) is 0. The van der Waals surface area contributed by atoms with Gasteiger partial charge in [0.2, 0.25) is 0 Å². The van der Waals surface area contributed by atoms with Crippen LogP contribution in [0.1, 0.15) is 42.5 Å². The van der Waals surface area contributed by atoms with E-state index in [9.17, 15) is 9.59 Å². The van der Waals surface area contributed by atoms with Crippen LogP contribution < -0.4 is 5.32 Å². The van der Waals surface area contributed by atoms with Crippen LogP contribution in [0.5, 0.6) is 0 Å². The summed E-state index contributed by atoms with van der Waals surface area (Å²) in [5, 5.41) is 6.76. The number of aromatic nitrogens is 2. The van der Waals surface area contributed by atoms with Crippen molar-refractivity contribution < 1.29 is 9.59 Å². The SMILES string of the molecule is CCn1cc(NC(=O)C(=O)N2CCC[C@H]2c2cccc(C)c2C)cn1. The Morgan fingerprint density at radius 2 is 2.12 bits per heavy atom. The highest BCUT2D eigenvalue weighted by molar-refractivity contribution is 6.39. The molecule has 1 aliphatic rings. The second kappa shape index (κ2) is 7.09. The summed E-state index contributed by atoms with van der Waals surface area (Å²) in [5.41, 5.74) is 4.07. The molecule has 2 aromatic rings. The third-order valence-electron chi connectivity index (χ3n) is 4.93. The van der Waals surface area contributed by atoms with Crippen LogP contribution in [0.15, 0.2) is 30.6 Å². The lowest BCUT2D eigenvalue weighted by Crippen LogP contribution is -2.39. The van der Waals surface area contributed by atoms with Gasteiger partial charge in [0.25, 0.3) is 0 Å². The van der Waals surface area contributed by atoms with Crippen molar-refractivity contribution in [1.82, 2.24) is 14.7 Å². The zero-order valence-corrected chi connectivity index (χ0v) is 15.0. The zero-order valence-electron chi connectivity index (χ0n) is 15.0. The molecule has 1 saturated heterocycles. The van der Waals surface area contributed by atoms with E-state index in [2.05, 4.69) is 36.4 Å². The van der Waals surface area contributed by atoms with Crippen LogP contribution in [-0.4, -0.2) is 33.0 Å². The highest BCUT2D eigenvalue weighted by atomic mass is 16.2. The van der Waals surface area contributed by atoms with Gasteiger partial charge in [-0.25, -0.2) is 0 Å². The van der Waals surface area contributed by atoms with Crippen LogP contribution in [0, 0.1) is 13.8 Å². The molecule has 1 aromatic heterocycles. The van der Waals surface area contributed by atoms with Crippen molar-refractivity contribution >= 4 is 17.5 Å². The van der Waals surface area contributed by atoms with E-state index < -0.39 is 11.8 Å². The van der Waals surface area contributed by atoms with Crippen LogP contribution in [0.3, 0.4) is 0 Å². The minimum absolute atomic E-state index is 0.0310. The number of amides is 2. The molecule has 2 heterocycles. The second-order valence-corrected chi connectivity index (χ2v) is 6.48. The van der Waals surface area contributed by atoms with Crippen molar-refractivity contribution in [2.45, 2.75) is 46.2 Å². The minimum atomic E-state index is -0.604. The van der Waals surface area contributed by atoms with Gasteiger partial charge in [-0.1, -0.05) is 18.2 Å². The number of anilines is 1.